The van der Waals surface area contributed by atoms with Crippen molar-refractivity contribution in [2.75, 3.05) is 25.1 Å². The number of hydrogen-bond donors (Lipinski definition) is 1. The van der Waals surface area contributed by atoms with Crippen LogP contribution in [0.25, 0.3) is 5.78 Å². The van der Waals surface area contributed by atoms with Gasteiger partial charge in [0.25, 0.3) is 5.78 Å². The van der Waals surface area contributed by atoms with Crippen LogP contribution in [-0.4, -0.2) is 39.3 Å². The lowest BCUT2D eigenvalue weighted by Gasteiger charge is -2.22. The van der Waals surface area contributed by atoms with E-state index in [4.69, 9.17) is 4.74 Å². The van der Waals surface area contributed by atoms with Gasteiger partial charge in [-0.2, -0.15) is 27.8 Å². The maximum Gasteiger partial charge on any atom is 0.433 e. The van der Waals surface area contributed by atoms with Crippen LogP contribution in [0.1, 0.15) is 18.5 Å². The molecule has 1 aliphatic rings. The molecule has 3 heterocycles. The van der Waals surface area contributed by atoms with Crippen LogP contribution in [-0.2, 0) is 10.9 Å². The van der Waals surface area contributed by atoms with Gasteiger partial charge < -0.3 is 10.1 Å². The quantitative estimate of drug-likeness (QED) is 0.939. The molecular weight excluding hydrogens is 287 g/mol. The van der Waals surface area contributed by atoms with Crippen molar-refractivity contribution in [3.05, 3.63) is 18.1 Å². The Morgan fingerprint density at radius 2 is 2.29 bits per heavy atom. The van der Waals surface area contributed by atoms with Crippen molar-refractivity contribution in [2.45, 2.75) is 19.0 Å². The molecule has 0 aliphatic carbocycles. The molecule has 9 heteroatoms. The molecule has 1 fully saturated rings. The van der Waals surface area contributed by atoms with E-state index in [0.717, 1.165) is 25.5 Å². The molecule has 0 radical (unpaired) electrons. The minimum absolute atomic E-state index is 0.0766. The highest BCUT2D eigenvalue weighted by Crippen LogP contribution is 2.29. The second kappa shape index (κ2) is 5.47. The van der Waals surface area contributed by atoms with Gasteiger partial charge in [0.2, 0.25) is 0 Å². The van der Waals surface area contributed by atoms with E-state index in [9.17, 15) is 13.2 Å². The van der Waals surface area contributed by atoms with Crippen LogP contribution in [0.3, 0.4) is 0 Å². The zero-order valence-corrected chi connectivity index (χ0v) is 11.1. The minimum Gasteiger partial charge on any atom is -0.381 e. The standard InChI is InChI=1S/C12H14F3N5O/c13-12(14,15)9-4-10(20-11(19-9)17-7-18-20)16-5-8-2-1-3-21-6-8/h4,7-8,16H,1-3,5-6H2/t8-/m0/s1. The topological polar surface area (TPSA) is 64.3 Å². The molecule has 0 aromatic carbocycles. The highest BCUT2D eigenvalue weighted by atomic mass is 19.4. The van der Waals surface area contributed by atoms with Gasteiger partial charge in [0.05, 0.1) is 6.61 Å². The van der Waals surface area contributed by atoms with Gasteiger partial charge in [-0.05, 0) is 18.8 Å². The molecule has 1 atom stereocenters. The summed E-state index contributed by atoms with van der Waals surface area (Å²) in [5, 5.41) is 6.88. The summed E-state index contributed by atoms with van der Waals surface area (Å²) in [5.41, 5.74) is -0.981. The van der Waals surface area contributed by atoms with Crippen molar-refractivity contribution in [1.29, 1.82) is 0 Å². The molecule has 1 N–H and O–H groups in total. The molecular formula is C12H14F3N5O. The molecule has 6 nitrogen and oxygen atoms in total. The Bertz CT molecular complexity index is 621. The fourth-order valence-electron chi connectivity index (χ4n) is 2.30. The van der Waals surface area contributed by atoms with Gasteiger partial charge in [0, 0.05) is 19.2 Å². The number of aromatic nitrogens is 4. The zero-order chi connectivity index (χ0) is 14.9. The molecule has 3 rings (SSSR count). The molecule has 0 amide bonds. The van der Waals surface area contributed by atoms with Crippen LogP contribution in [0, 0.1) is 5.92 Å². The average Bonchev–Trinajstić information content (AvgIpc) is 2.93. The van der Waals surface area contributed by atoms with E-state index < -0.39 is 11.9 Å². The summed E-state index contributed by atoms with van der Waals surface area (Å²) in [7, 11) is 0. The van der Waals surface area contributed by atoms with Crippen molar-refractivity contribution in [1.82, 2.24) is 19.6 Å². The van der Waals surface area contributed by atoms with Crippen LogP contribution >= 0.6 is 0 Å². The lowest BCUT2D eigenvalue weighted by Crippen LogP contribution is -2.25. The Labute approximate surface area is 118 Å². The Balaban J connectivity index is 1.84. The third kappa shape index (κ3) is 3.07. The van der Waals surface area contributed by atoms with E-state index in [1.165, 1.54) is 10.8 Å². The van der Waals surface area contributed by atoms with Crippen molar-refractivity contribution in [3.63, 3.8) is 0 Å². The number of halogens is 3. The van der Waals surface area contributed by atoms with Gasteiger partial charge in [-0.3, -0.25) is 0 Å². The summed E-state index contributed by atoms with van der Waals surface area (Å²) in [6.07, 6.45) is -1.38. The molecule has 0 saturated carbocycles. The molecule has 0 spiro atoms. The first kappa shape index (κ1) is 14.1. The first-order valence-electron chi connectivity index (χ1n) is 6.63. The number of anilines is 1. The molecule has 114 valence electrons. The summed E-state index contributed by atoms with van der Waals surface area (Å²) in [5.74, 6) is 0.433. The maximum atomic E-state index is 12.8. The lowest BCUT2D eigenvalue weighted by molar-refractivity contribution is -0.141. The average molecular weight is 301 g/mol. The van der Waals surface area contributed by atoms with E-state index in [-0.39, 0.29) is 17.5 Å². The summed E-state index contributed by atoms with van der Waals surface area (Å²) in [6.45, 7) is 1.89. The predicted molar refractivity (Wildman–Crippen MR) is 67.8 cm³/mol. The normalized spacial score (nSPS) is 19.9. The highest BCUT2D eigenvalue weighted by molar-refractivity contribution is 5.45. The smallest absolute Gasteiger partial charge is 0.381 e. The van der Waals surface area contributed by atoms with Crippen molar-refractivity contribution in [2.24, 2.45) is 5.92 Å². The van der Waals surface area contributed by atoms with E-state index in [1.54, 1.807) is 0 Å². The summed E-state index contributed by atoms with van der Waals surface area (Å²) in [4.78, 5) is 7.19. The van der Waals surface area contributed by atoms with Gasteiger partial charge in [0.15, 0.2) is 5.69 Å². The number of hydrogen-bond acceptors (Lipinski definition) is 5. The summed E-state index contributed by atoms with van der Waals surface area (Å²) < 4.78 is 45.1. The Morgan fingerprint density at radius 1 is 1.43 bits per heavy atom. The fourth-order valence-corrected chi connectivity index (χ4v) is 2.30. The zero-order valence-electron chi connectivity index (χ0n) is 11.1. The van der Waals surface area contributed by atoms with E-state index in [2.05, 4.69) is 20.4 Å². The van der Waals surface area contributed by atoms with Gasteiger partial charge in [0.1, 0.15) is 12.1 Å². The van der Waals surface area contributed by atoms with Gasteiger partial charge in [-0.15, -0.1) is 0 Å². The molecule has 0 bridgehead atoms. The first-order chi connectivity index (χ1) is 10.0. The number of nitrogens with zero attached hydrogens (tertiary/aromatic N) is 4. The van der Waals surface area contributed by atoms with Crippen molar-refractivity contribution >= 4 is 11.6 Å². The largest absolute Gasteiger partial charge is 0.433 e. The third-order valence-electron chi connectivity index (χ3n) is 3.37. The van der Waals surface area contributed by atoms with E-state index >= 15 is 0 Å². The van der Waals surface area contributed by atoms with Crippen LogP contribution in [0.15, 0.2) is 12.4 Å². The van der Waals surface area contributed by atoms with Crippen LogP contribution in [0.5, 0.6) is 0 Å². The highest BCUT2D eigenvalue weighted by Gasteiger charge is 2.34. The Kier molecular flexibility index (Phi) is 3.66. The fraction of sp³-hybridized carbons (Fsp3) is 0.583. The van der Waals surface area contributed by atoms with Crippen LogP contribution in [0.4, 0.5) is 19.0 Å². The minimum atomic E-state index is -4.52. The molecule has 1 aliphatic heterocycles. The third-order valence-corrected chi connectivity index (χ3v) is 3.37. The molecule has 21 heavy (non-hydrogen) atoms. The van der Waals surface area contributed by atoms with Crippen LogP contribution in [0.2, 0.25) is 0 Å². The van der Waals surface area contributed by atoms with Crippen molar-refractivity contribution in [3.8, 4) is 0 Å². The second-order valence-corrected chi connectivity index (χ2v) is 4.96. The first-order valence-corrected chi connectivity index (χ1v) is 6.63. The van der Waals surface area contributed by atoms with Gasteiger partial charge >= 0.3 is 6.18 Å². The van der Waals surface area contributed by atoms with E-state index in [1.807, 2.05) is 0 Å². The van der Waals surface area contributed by atoms with E-state index in [0.29, 0.717) is 13.2 Å². The number of ether oxygens (including phenoxy) is 1. The SMILES string of the molecule is FC(F)(F)c1cc(NC[C@@H]2CCCOC2)n2ncnc2n1. The molecule has 2 aromatic rings. The molecule has 1 saturated heterocycles. The van der Waals surface area contributed by atoms with Gasteiger partial charge in [-0.25, -0.2) is 4.98 Å². The maximum absolute atomic E-state index is 12.8. The van der Waals surface area contributed by atoms with Crippen LogP contribution < -0.4 is 5.32 Å². The predicted octanol–water partition coefficient (Wildman–Crippen LogP) is 1.98. The summed E-state index contributed by atoms with van der Waals surface area (Å²) >= 11 is 0. The number of rotatable bonds is 3. The monoisotopic (exact) mass is 301 g/mol. The lowest BCUT2D eigenvalue weighted by atomic mass is 10.0. The van der Waals surface area contributed by atoms with Crippen molar-refractivity contribution < 1.29 is 17.9 Å². The van der Waals surface area contributed by atoms with Gasteiger partial charge in [-0.1, -0.05) is 0 Å². The number of fused-ring (bicyclic) bond motifs is 1. The summed E-state index contributed by atoms with van der Waals surface area (Å²) in [6, 6.07) is 0.950. The molecule has 2 aromatic heterocycles. The molecule has 0 unspecified atom stereocenters. The number of nitrogens with one attached hydrogen (secondary N) is 1. The number of alkyl halides is 3. The Hall–Kier alpha value is -1.90. The Morgan fingerprint density at radius 3 is 3.00 bits per heavy atom. The second-order valence-electron chi connectivity index (χ2n) is 4.96.